The van der Waals surface area contributed by atoms with E-state index in [1.54, 1.807) is 24.1 Å². The lowest BCUT2D eigenvalue weighted by atomic mass is 9.89. The van der Waals surface area contributed by atoms with Gasteiger partial charge < -0.3 is 20.4 Å². The van der Waals surface area contributed by atoms with E-state index in [0.29, 0.717) is 36.9 Å². The highest BCUT2D eigenvalue weighted by atomic mass is 32.2. The average molecular weight is 639 g/mol. The summed E-state index contributed by atoms with van der Waals surface area (Å²) in [6.07, 6.45) is 2.91. The largest absolute Gasteiger partial charge is 0.416 e. The second-order valence-electron chi connectivity index (χ2n) is 12.2. The molecular formula is C31H45F3N6O3S. The summed E-state index contributed by atoms with van der Waals surface area (Å²) in [6, 6.07) is 5.71. The number of aliphatic imine (C=N–C) groups is 1. The topological polar surface area (TPSA) is 103 Å². The number of nitrogens with two attached hydrogens (primary N) is 1. The zero-order chi connectivity index (χ0) is 32.2. The second-order valence-corrected chi connectivity index (χ2v) is 14.2. The zero-order valence-electron chi connectivity index (χ0n) is 25.9. The number of alkyl halides is 3. The molecule has 9 nitrogen and oxygen atoms in total. The fourth-order valence-corrected chi connectivity index (χ4v) is 7.42. The lowest BCUT2D eigenvalue weighted by Gasteiger charge is -2.43. The second kappa shape index (κ2) is 14.0. The van der Waals surface area contributed by atoms with Crippen molar-refractivity contribution in [1.82, 2.24) is 19.0 Å². The van der Waals surface area contributed by atoms with E-state index in [2.05, 4.69) is 21.4 Å². The SMILES string of the molecule is C=C(/C(C)=C(\N=CN)C(=O)N1CCC(N2CCC(N(C)S(C)(=O)=O)CC2)CC1)N1CCCC(c2ccc(C(F)(F)F)cc2)C1. The van der Waals surface area contributed by atoms with Gasteiger partial charge in [0.1, 0.15) is 5.70 Å². The van der Waals surface area contributed by atoms with Crippen LogP contribution in [0.15, 0.2) is 52.8 Å². The fraction of sp³-hybridized carbons (Fsp3) is 0.613. The van der Waals surface area contributed by atoms with Crippen LogP contribution in [-0.4, -0.2) is 104 Å². The molecule has 1 aromatic rings. The number of hydrogen-bond donors (Lipinski definition) is 1. The highest BCUT2D eigenvalue weighted by molar-refractivity contribution is 7.88. The number of nitrogens with zero attached hydrogens (tertiary/aromatic N) is 5. The minimum Gasteiger partial charge on any atom is -0.390 e. The molecule has 0 aromatic heterocycles. The Morgan fingerprint density at radius 3 is 2.18 bits per heavy atom. The molecule has 3 saturated heterocycles. The Morgan fingerprint density at radius 2 is 1.64 bits per heavy atom. The minimum atomic E-state index is -4.37. The molecule has 1 unspecified atom stereocenters. The van der Waals surface area contributed by atoms with Gasteiger partial charge in [-0.2, -0.15) is 13.2 Å². The molecule has 0 saturated carbocycles. The Labute approximate surface area is 259 Å². The summed E-state index contributed by atoms with van der Waals surface area (Å²) in [4.78, 5) is 24.2. The van der Waals surface area contributed by atoms with Crippen molar-refractivity contribution < 1.29 is 26.4 Å². The number of piperidine rings is 3. The van der Waals surface area contributed by atoms with Crippen molar-refractivity contribution in [1.29, 1.82) is 0 Å². The number of rotatable bonds is 8. The molecule has 0 spiro atoms. The number of halogens is 3. The van der Waals surface area contributed by atoms with Crippen LogP contribution in [0.5, 0.6) is 0 Å². The lowest BCUT2D eigenvalue weighted by Crippen LogP contribution is -2.52. The molecule has 0 bridgehead atoms. The van der Waals surface area contributed by atoms with Crippen molar-refractivity contribution in [2.24, 2.45) is 10.7 Å². The number of sulfonamides is 1. The Kier molecular flexibility index (Phi) is 10.8. The van der Waals surface area contributed by atoms with Gasteiger partial charge in [-0.05, 0) is 76.2 Å². The van der Waals surface area contributed by atoms with E-state index in [1.165, 1.54) is 10.6 Å². The average Bonchev–Trinajstić information content (AvgIpc) is 3.01. The van der Waals surface area contributed by atoms with Crippen molar-refractivity contribution in [2.45, 2.75) is 69.6 Å². The molecule has 3 fully saturated rings. The summed E-state index contributed by atoms with van der Waals surface area (Å²) >= 11 is 0. The summed E-state index contributed by atoms with van der Waals surface area (Å²) in [5.41, 5.74) is 7.39. The Balaban J connectivity index is 1.36. The standard InChI is InChI=1S/C31H45F3N6O3S/c1-22(23(2)40-15-5-6-25(20-40)24-7-9-26(10-8-24)31(32,33)34)29(36-21-35)30(41)39-18-13-28(14-19-39)38-16-11-27(12-17-38)37(3)44(4,42)43/h7-10,21,25,27-28H,2,5-6,11-20H2,1,3-4H3,(H2,35,36)/b29-22-. The molecule has 3 aliphatic rings. The van der Waals surface area contributed by atoms with E-state index >= 15 is 0 Å². The molecule has 0 radical (unpaired) electrons. The van der Waals surface area contributed by atoms with Gasteiger partial charge in [0.05, 0.1) is 18.2 Å². The van der Waals surface area contributed by atoms with Crippen LogP contribution < -0.4 is 5.73 Å². The van der Waals surface area contributed by atoms with Crippen molar-refractivity contribution in [2.75, 3.05) is 52.6 Å². The first kappa shape index (κ1) is 34.0. The molecule has 244 valence electrons. The quantitative estimate of drug-likeness (QED) is 0.200. The monoisotopic (exact) mass is 638 g/mol. The van der Waals surface area contributed by atoms with Crippen LogP contribution >= 0.6 is 0 Å². The van der Waals surface area contributed by atoms with E-state index < -0.39 is 21.8 Å². The van der Waals surface area contributed by atoms with Gasteiger partial charge in [-0.15, -0.1) is 0 Å². The normalized spacial score (nSPS) is 22.5. The predicted octanol–water partition coefficient (Wildman–Crippen LogP) is 4.01. The van der Waals surface area contributed by atoms with Gasteiger partial charge in [-0.25, -0.2) is 17.7 Å². The van der Waals surface area contributed by atoms with Crippen molar-refractivity contribution in [3.05, 3.63) is 58.9 Å². The first-order valence-corrected chi connectivity index (χ1v) is 17.1. The maximum atomic E-state index is 13.7. The highest BCUT2D eigenvalue weighted by Gasteiger charge is 2.34. The summed E-state index contributed by atoms with van der Waals surface area (Å²) in [5.74, 6) is -0.155. The number of amides is 1. The first-order valence-electron chi connectivity index (χ1n) is 15.2. The van der Waals surface area contributed by atoms with E-state index in [-0.39, 0.29) is 23.6 Å². The number of allylic oxidation sites excluding steroid dienone is 1. The highest BCUT2D eigenvalue weighted by Crippen LogP contribution is 2.34. The summed E-state index contributed by atoms with van der Waals surface area (Å²) in [7, 11) is -1.57. The van der Waals surface area contributed by atoms with Crippen LogP contribution in [0.3, 0.4) is 0 Å². The van der Waals surface area contributed by atoms with Crippen LogP contribution in [0.4, 0.5) is 13.2 Å². The smallest absolute Gasteiger partial charge is 0.390 e. The van der Waals surface area contributed by atoms with Gasteiger partial charge >= 0.3 is 6.18 Å². The van der Waals surface area contributed by atoms with Gasteiger partial charge in [0.2, 0.25) is 10.0 Å². The van der Waals surface area contributed by atoms with Crippen LogP contribution in [0.1, 0.15) is 62.5 Å². The van der Waals surface area contributed by atoms with Crippen molar-refractivity contribution >= 4 is 22.3 Å². The number of benzene rings is 1. The molecule has 1 amide bonds. The van der Waals surface area contributed by atoms with Crippen molar-refractivity contribution in [3.8, 4) is 0 Å². The fourth-order valence-electron chi connectivity index (χ4n) is 6.67. The van der Waals surface area contributed by atoms with Gasteiger partial charge in [0.25, 0.3) is 5.91 Å². The molecular weight excluding hydrogens is 593 g/mol. The summed E-state index contributed by atoms with van der Waals surface area (Å²) in [5, 5.41) is 0. The number of likely N-dealkylation sites (tertiary alicyclic amines) is 3. The number of carbonyl (C=O) groups is 1. The molecule has 4 rings (SSSR count). The van der Waals surface area contributed by atoms with Crippen molar-refractivity contribution in [3.63, 3.8) is 0 Å². The van der Waals surface area contributed by atoms with Gasteiger partial charge in [-0.3, -0.25) is 4.79 Å². The summed E-state index contributed by atoms with van der Waals surface area (Å²) < 4.78 is 64.4. The third-order valence-electron chi connectivity index (χ3n) is 9.51. The third kappa shape index (κ3) is 8.02. The molecule has 0 aliphatic carbocycles. The predicted molar refractivity (Wildman–Crippen MR) is 166 cm³/mol. The number of hydrogen-bond acceptors (Lipinski definition) is 6. The third-order valence-corrected chi connectivity index (χ3v) is 10.9. The van der Waals surface area contributed by atoms with E-state index in [9.17, 15) is 26.4 Å². The van der Waals surface area contributed by atoms with Crippen LogP contribution in [0.2, 0.25) is 0 Å². The van der Waals surface area contributed by atoms with Crippen LogP contribution in [0, 0.1) is 0 Å². The molecule has 1 atom stereocenters. The molecule has 3 heterocycles. The Bertz CT molecular complexity index is 1350. The molecule has 1 aromatic carbocycles. The van der Waals surface area contributed by atoms with E-state index in [4.69, 9.17) is 5.73 Å². The lowest BCUT2D eigenvalue weighted by molar-refractivity contribution is -0.137. The minimum absolute atomic E-state index is 0.0194. The van der Waals surface area contributed by atoms with Gasteiger partial charge in [-0.1, -0.05) is 18.7 Å². The Morgan fingerprint density at radius 1 is 1.02 bits per heavy atom. The number of carbonyl (C=O) groups excluding carboxylic acids is 1. The van der Waals surface area contributed by atoms with E-state index in [1.807, 2.05) is 6.92 Å². The molecule has 13 heteroatoms. The van der Waals surface area contributed by atoms with Crippen LogP contribution in [0.25, 0.3) is 0 Å². The maximum Gasteiger partial charge on any atom is 0.416 e. The molecule has 2 N–H and O–H groups in total. The maximum absolute atomic E-state index is 13.7. The van der Waals surface area contributed by atoms with Gasteiger partial charge in [0, 0.05) is 62.5 Å². The van der Waals surface area contributed by atoms with Crippen LogP contribution in [-0.2, 0) is 21.0 Å². The molecule has 44 heavy (non-hydrogen) atoms. The summed E-state index contributed by atoms with van der Waals surface area (Å²) in [6.45, 7) is 10.2. The zero-order valence-corrected chi connectivity index (χ0v) is 26.7. The first-order chi connectivity index (χ1) is 20.7. The van der Waals surface area contributed by atoms with E-state index in [0.717, 1.165) is 82.2 Å². The molecule has 3 aliphatic heterocycles. The Hall–Kier alpha value is -2.90. The van der Waals surface area contributed by atoms with Gasteiger partial charge in [0.15, 0.2) is 0 Å².